The molecule has 1 amide bonds. The summed E-state index contributed by atoms with van der Waals surface area (Å²) in [4.78, 5) is 42.3. The van der Waals surface area contributed by atoms with Gasteiger partial charge in [0.2, 0.25) is 5.91 Å². The molecule has 0 fully saturated rings. The zero-order valence-corrected chi connectivity index (χ0v) is 25.1. The van der Waals surface area contributed by atoms with Gasteiger partial charge in [-0.1, -0.05) is 96.8 Å². The lowest BCUT2D eigenvalue weighted by Gasteiger charge is -2.18. The first kappa shape index (κ1) is 40.2. The number of nitrogens with one attached hydrogen (secondary N) is 3. The maximum absolute atomic E-state index is 11.8. The molecule has 0 aromatic heterocycles. The topological polar surface area (TPSA) is 223 Å². The van der Waals surface area contributed by atoms with Crippen molar-refractivity contribution in [2.24, 2.45) is 5.73 Å². The third-order valence-corrected chi connectivity index (χ3v) is 6.53. The van der Waals surface area contributed by atoms with Gasteiger partial charge in [0.15, 0.2) is 11.6 Å². The van der Waals surface area contributed by atoms with Crippen LogP contribution in [-0.4, -0.2) is 68.9 Å². The van der Waals surface area contributed by atoms with E-state index in [9.17, 15) is 19.2 Å². The molecule has 0 rings (SSSR count). The maximum atomic E-state index is 11.8. The Kier molecular flexibility index (Phi) is 26.8. The van der Waals surface area contributed by atoms with Crippen molar-refractivity contribution in [3.8, 4) is 0 Å². The highest BCUT2D eigenvalue weighted by atomic mass is 16.4. The zero-order valence-electron chi connectivity index (χ0n) is 25.1. The Hall–Kier alpha value is -2.89. The molecule has 0 saturated heterocycles. The van der Waals surface area contributed by atoms with Gasteiger partial charge in [-0.25, -0.2) is 4.79 Å². The van der Waals surface area contributed by atoms with Crippen LogP contribution in [0, 0.1) is 5.41 Å². The van der Waals surface area contributed by atoms with Crippen molar-refractivity contribution >= 4 is 29.8 Å². The number of nitrogens with two attached hydrogens (primary N) is 1. The third-order valence-electron chi connectivity index (χ3n) is 6.53. The van der Waals surface area contributed by atoms with Crippen LogP contribution in [0.1, 0.15) is 135 Å². The molecule has 0 aliphatic heterocycles. The van der Waals surface area contributed by atoms with E-state index in [1.165, 1.54) is 77.0 Å². The Morgan fingerprint density at radius 2 is 1.00 bits per heavy atom. The van der Waals surface area contributed by atoms with Gasteiger partial charge in [0.1, 0.15) is 0 Å². The van der Waals surface area contributed by atoms with E-state index in [0.29, 0.717) is 6.42 Å². The van der Waals surface area contributed by atoms with Gasteiger partial charge in [0, 0.05) is 19.5 Å². The minimum atomic E-state index is -2.74. The average Bonchev–Trinajstić information content (AvgIpc) is 2.87. The first-order valence-corrected chi connectivity index (χ1v) is 15.2. The molecule has 41 heavy (non-hydrogen) atoms. The fourth-order valence-electron chi connectivity index (χ4n) is 4.16. The second-order valence-electron chi connectivity index (χ2n) is 10.6. The summed E-state index contributed by atoms with van der Waals surface area (Å²) in [5.41, 5.74) is 2.48. The first-order chi connectivity index (χ1) is 19.4. The van der Waals surface area contributed by atoms with E-state index in [-0.39, 0.29) is 11.9 Å². The summed E-state index contributed by atoms with van der Waals surface area (Å²) in [5.74, 6) is -4.77. The molecule has 0 aromatic rings. The number of unbranched alkanes of at least 4 members (excludes halogenated alkanes) is 15. The minimum Gasteiger partial charge on any atom is -0.481 e. The molecule has 9 N–H and O–H groups in total. The Morgan fingerprint density at radius 1 is 0.634 bits per heavy atom. The molecule has 0 aliphatic rings. The number of hydrogen-bond donors (Lipinski definition) is 8. The fraction of sp³-hybridized carbons (Fsp3) is 0.828. The Balaban J connectivity index is 0. The average molecular weight is 589 g/mol. The lowest BCUT2D eigenvalue weighted by atomic mass is 9.96. The third kappa shape index (κ3) is 29.9. The van der Waals surface area contributed by atoms with E-state index in [2.05, 4.69) is 17.6 Å². The van der Waals surface area contributed by atoms with Gasteiger partial charge in [-0.2, -0.15) is 0 Å². The first-order valence-electron chi connectivity index (χ1n) is 15.2. The van der Waals surface area contributed by atoms with Gasteiger partial charge in [0.05, 0.1) is 12.8 Å². The van der Waals surface area contributed by atoms with Crippen molar-refractivity contribution in [3.63, 3.8) is 0 Å². The van der Waals surface area contributed by atoms with Crippen LogP contribution >= 0.6 is 0 Å². The molecule has 0 bridgehead atoms. The molecule has 12 nitrogen and oxygen atoms in total. The standard InChI is InChI=1S/C23H48N4O.C6H8O7/c1-2-3-4-5-6-7-8-9-10-11-12-13-16-19-22(28)26-20-17-14-15-18-21-27-23(24)25;7-3(8)1-6(13,5(11)12)2-4(9)10/h2-21H2,1H3,(H,26,28)(H4,24,25,27);13H,1-2H2,(H,7,8)(H,9,10)(H,11,12). The van der Waals surface area contributed by atoms with E-state index in [4.69, 9.17) is 31.6 Å². The number of aliphatic hydroxyl groups is 1. The van der Waals surface area contributed by atoms with Crippen molar-refractivity contribution in [2.75, 3.05) is 13.1 Å². The number of amides is 1. The van der Waals surface area contributed by atoms with Crippen molar-refractivity contribution in [3.05, 3.63) is 0 Å². The van der Waals surface area contributed by atoms with Crippen molar-refractivity contribution in [1.29, 1.82) is 5.41 Å². The Labute approximate surface area is 245 Å². The molecular weight excluding hydrogens is 532 g/mol. The van der Waals surface area contributed by atoms with Gasteiger partial charge in [0.25, 0.3) is 0 Å². The van der Waals surface area contributed by atoms with Gasteiger partial charge < -0.3 is 36.8 Å². The number of guanidine groups is 1. The van der Waals surface area contributed by atoms with Crippen molar-refractivity contribution in [1.82, 2.24) is 10.6 Å². The Morgan fingerprint density at radius 3 is 1.37 bits per heavy atom. The number of carboxylic acids is 3. The summed E-state index contributed by atoms with van der Waals surface area (Å²) in [6, 6.07) is 0. The van der Waals surface area contributed by atoms with Crippen LogP contribution in [-0.2, 0) is 19.2 Å². The molecule has 0 heterocycles. The lowest BCUT2D eigenvalue weighted by Crippen LogP contribution is -2.42. The molecule has 12 heteroatoms. The van der Waals surface area contributed by atoms with E-state index >= 15 is 0 Å². The zero-order chi connectivity index (χ0) is 31.4. The van der Waals surface area contributed by atoms with Gasteiger partial charge in [-0.05, 0) is 19.3 Å². The second kappa shape index (κ2) is 27.3. The summed E-state index contributed by atoms with van der Waals surface area (Å²) in [5, 5.41) is 46.7. The number of carbonyl (C=O) groups is 4. The van der Waals surface area contributed by atoms with E-state index in [0.717, 1.165) is 45.2 Å². The molecular formula is C29H56N4O8. The van der Waals surface area contributed by atoms with E-state index in [1.807, 2.05) is 0 Å². The molecule has 0 atom stereocenters. The minimum absolute atomic E-state index is 0.0421. The lowest BCUT2D eigenvalue weighted by molar-refractivity contribution is -0.170. The van der Waals surface area contributed by atoms with Crippen LogP contribution in [0.2, 0.25) is 0 Å². The number of carbonyl (C=O) groups excluding carboxylic acids is 1. The van der Waals surface area contributed by atoms with E-state index in [1.54, 1.807) is 0 Å². The molecule has 0 saturated carbocycles. The van der Waals surface area contributed by atoms with Crippen LogP contribution < -0.4 is 16.4 Å². The van der Waals surface area contributed by atoms with E-state index < -0.39 is 36.4 Å². The monoisotopic (exact) mass is 588 g/mol. The Bertz CT molecular complexity index is 718. The molecule has 0 spiro atoms. The van der Waals surface area contributed by atoms with Gasteiger partial charge >= 0.3 is 17.9 Å². The number of carboxylic acid groups (broad SMARTS) is 3. The molecule has 0 radical (unpaired) electrons. The number of rotatable bonds is 26. The molecule has 0 unspecified atom stereocenters. The quantitative estimate of drug-likeness (QED) is 0.0404. The summed E-state index contributed by atoms with van der Waals surface area (Å²) < 4.78 is 0. The second-order valence-corrected chi connectivity index (χ2v) is 10.6. The highest BCUT2D eigenvalue weighted by Gasteiger charge is 2.40. The highest BCUT2D eigenvalue weighted by Crippen LogP contribution is 2.16. The van der Waals surface area contributed by atoms with Gasteiger partial charge in [-0.3, -0.25) is 19.8 Å². The summed E-state index contributed by atoms with van der Waals surface area (Å²) in [7, 11) is 0. The van der Waals surface area contributed by atoms with Crippen LogP contribution in [0.5, 0.6) is 0 Å². The predicted octanol–water partition coefficient (Wildman–Crippen LogP) is 4.38. The largest absolute Gasteiger partial charge is 0.481 e. The SMILES string of the molecule is CCCCCCCCCCCCCCCC(=O)NCCCCCCNC(=N)N.O=C(O)CC(O)(CC(=O)O)C(=O)O. The van der Waals surface area contributed by atoms with Crippen LogP contribution in [0.15, 0.2) is 0 Å². The summed E-state index contributed by atoms with van der Waals surface area (Å²) >= 11 is 0. The summed E-state index contributed by atoms with van der Waals surface area (Å²) in [6.07, 6.45) is 20.1. The fourth-order valence-corrected chi connectivity index (χ4v) is 4.16. The van der Waals surface area contributed by atoms with Crippen molar-refractivity contribution < 1.29 is 39.6 Å². The van der Waals surface area contributed by atoms with Crippen LogP contribution in [0.3, 0.4) is 0 Å². The smallest absolute Gasteiger partial charge is 0.336 e. The van der Waals surface area contributed by atoms with Crippen LogP contribution in [0.4, 0.5) is 0 Å². The number of aliphatic carboxylic acids is 3. The van der Waals surface area contributed by atoms with Crippen LogP contribution in [0.25, 0.3) is 0 Å². The normalized spacial score (nSPS) is 10.8. The summed E-state index contributed by atoms with van der Waals surface area (Å²) in [6.45, 7) is 3.83. The highest BCUT2D eigenvalue weighted by molar-refractivity contribution is 5.88. The number of hydrogen-bond acceptors (Lipinski definition) is 6. The molecule has 0 aliphatic carbocycles. The van der Waals surface area contributed by atoms with Gasteiger partial charge in [-0.15, -0.1) is 0 Å². The predicted molar refractivity (Wildman–Crippen MR) is 159 cm³/mol. The molecule has 240 valence electrons. The molecule has 0 aromatic carbocycles. The van der Waals surface area contributed by atoms with Crippen molar-refractivity contribution in [2.45, 2.75) is 141 Å². The maximum Gasteiger partial charge on any atom is 0.336 e.